The van der Waals surface area contributed by atoms with Gasteiger partial charge in [0.15, 0.2) is 0 Å². The first-order valence-corrected chi connectivity index (χ1v) is 5.02. The molecule has 2 nitrogen and oxygen atoms in total. The third-order valence-electron chi connectivity index (χ3n) is 2.09. The number of hydrogen-bond donors (Lipinski definition) is 0. The van der Waals surface area contributed by atoms with Crippen molar-refractivity contribution in [2.45, 2.75) is 13.8 Å². The van der Waals surface area contributed by atoms with Gasteiger partial charge in [0.1, 0.15) is 0 Å². The van der Waals surface area contributed by atoms with Crippen molar-refractivity contribution in [2.24, 2.45) is 0 Å². The molecule has 72 valence electrons. The molecule has 3 heteroatoms. The lowest BCUT2D eigenvalue weighted by Crippen LogP contribution is -1.98. The molecule has 14 heavy (non-hydrogen) atoms. The zero-order valence-electron chi connectivity index (χ0n) is 8.20. The SMILES string of the molecule is C=Cc1cc(C)c(C(=O)P=O)c(C)c1. The van der Waals surface area contributed by atoms with Crippen LogP contribution in [-0.2, 0) is 4.57 Å². The highest BCUT2D eigenvalue weighted by atomic mass is 31.1. The Morgan fingerprint density at radius 1 is 1.36 bits per heavy atom. The van der Waals surface area contributed by atoms with E-state index in [-0.39, 0.29) is 5.52 Å². The molecule has 0 N–H and O–H groups in total. The third kappa shape index (κ3) is 1.97. The predicted molar refractivity (Wildman–Crippen MR) is 57.9 cm³/mol. The fraction of sp³-hybridized carbons (Fsp3) is 0.182. The minimum Gasteiger partial charge on any atom is -0.280 e. The molecule has 0 spiro atoms. The van der Waals surface area contributed by atoms with E-state index in [2.05, 4.69) is 6.58 Å². The van der Waals surface area contributed by atoms with Gasteiger partial charge in [0, 0.05) is 5.56 Å². The summed E-state index contributed by atoms with van der Waals surface area (Å²) < 4.78 is 10.5. The minimum absolute atomic E-state index is 0.365. The Morgan fingerprint density at radius 2 is 1.86 bits per heavy atom. The summed E-state index contributed by atoms with van der Waals surface area (Å²) in [7, 11) is -0.455. The van der Waals surface area contributed by atoms with E-state index in [1.165, 1.54) is 0 Å². The largest absolute Gasteiger partial charge is 0.280 e. The number of carbonyl (C=O) groups excluding carboxylic acids is 1. The van der Waals surface area contributed by atoms with Gasteiger partial charge in [0.25, 0.3) is 5.52 Å². The predicted octanol–water partition coefficient (Wildman–Crippen LogP) is 3.38. The van der Waals surface area contributed by atoms with Gasteiger partial charge in [-0.2, -0.15) is 0 Å². The van der Waals surface area contributed by atoms with E-state index in [4.69, 9.17) is 0 Å². The number of rotatable bonds is 3. The van der Waals surface area contributed by atoms with Crippen LogP contribution in [0.2, 0.25) is 0 Å². The molecule has 0 bridgehead atoms. The maximum Gasteiger partial charge on any atom is 0.253 e. The smallest absolute Gasteiger partial charge is 0.253 e. The Hall–Kier alpha value is -1.27. The summed E-state index contributed by atoms with van der Waals surface area (Å²) in [5.41, 5.74) is 2.84. The molecular weight excluding hydrogens is 195 g/mol. The first kappa shape index (κ1) is 10.8. The zero-order valence-corrected chi connectivity index (χ0v) is 9.10. The van der Waals surface area contributed by atoms with Crippen LogP contribution >= 0.6 is 8.46 Å². The maximum atomic E-state index is 11.3. The van der Waals surface area contributed by atoms with Crippen molar-refractivity contribution in [1.82, 2.24) is 0 Å². The normalized spacial score (nSPS) is 10.1. The molecule has 1 aromatic rings. The molecule has 0 amide bonds. The van der Waals surface area contributed by atoms with Gasteiger partial charge < -0.3 is 0 Å². The second-order valence-electron chi connectivity index (χ2n) is 3.13. The topological polar surface area (TPSA) is 34.1 Å². The molecule has 0 fully saturated rings. The lowest BCUT2D eigenvalue weighted by molar-refractivity contribution is 0.108. The Balaban J connectivity index is 3.38. The van der Waals surface area contributed by atoms with E-state index < -0.39 is 8.46 Å². The Labute approximate surface area is 84.8 Å². The average molecular weight is 206 g/mol. The van der Waals surface area contributed by atoms with E-state index in [9.17, 15) is 9.36 Å². The van der Waals surface area contributed by atoms with Gasteiger partial charge in [-0.05, 0) is 30.5 Å². The number of aryl methyl sites for hydroxylation is 2. The third-order valence-corrected chi connectivity index (χ3v) is 2.48. The monoisotopic (exact) mass is 206 g/mol. The van der Waals surface area contributed by atoms with Crippen LogP contribution in [0.5, 0.6) is 0 Å². The average Bonchev–Trinajstić information content (AvgIpc) is 2.16. The molecule has 0 heterocycles. The van der Waals surface area contributed by atoms with Crippen molar-refractivity contribution in [3.05, 3.63) is 41.0 Å². The number of carbonyl (C=O) groups is 1. The maximum absolute atomic E-state index is 11.3. The Morgan fingerprint density at radius 3 is 2.21 bits per heavy atom. The number of benzene rings is 1. The van der Waals surface area contributed by atoms with Crippen molar-refractivity contribution < 1.29 is 9.36 Å². The number of hydrogen-bond acceptors (Lipinski definition) is 2. The van der Waals surface area contributed by atoms with Crippen LogP contribution in [0.3, 0.4) is 0 Å². The molecule has 0 saturated carbocycles. The lowest BCUT2D eigenvalue weighted by atomic mass is 10.0. The fourth-order valence-corrected chi connectivity index (χ4v) is 1.94. The highest BCUT2D eigenvalue weighted by molar-refractivity contribution is 7.47. The van der Waals surface area contributed by atoms with Crippen LogP contribution in [0.1, 0.15) is 27.0 Å². The van der Waals surface area contributed by atoms with Crippen molar-refractivity contribution in [3.63, 3.8) is 0 Å². The molecule has 0 unspecified atom stereocenters. The van der Waals surface area contributed by atoms with Gasteiger partial charge in [-0.1, -0.05) is 24.8 Å². The van der Waals surface area contributed by atoms with E-state index in [0.717, 1.165) is 16.7 Å². The van der Waals surface area contributed by atoms with Crippen LogP contribution in [-0.4, -0.2) is 5.52 Å². The van der Waals surface area contributed by atoms with Crippen LogP contribution in [0.25, 0.3) is 6.08 Å². The molecule has 0 aliphatic rings. The summed E-state index contributed by atoms with van der Waals surface area (Å²) in [6.07, 6.45) is 1.73. The van der Waals surface area contributed by atoms with Gasteiger partial charge in [0.05, 0.1) is 0 Å². The molecule has 1 aromatic carbocycles. The molecule has 0 aliphatic heterocycles. The molecule has 0 aromatic heterocycles. The standard InChI is InChI=1S/C11H11O2P/c1-4-9-5-7(2)10(8(3)6-9)11(12)14-13/h4-6H,1H2,2-3H3. The molecule has 0 atom stereocenters. The second-order valence-corrected chi connectivity index (χ2v) is 3.72. The van der Waals surface area contributed by atoms with Gasteiger partial charge in [-0.15, -0.1) is 0 Å². The molecule has 0 radical (unpaired) electrons. The molecule has 0 aliphatic carbocycles. The highest BCUT2D eigenvalue weighted by Crippen LogP contribution is 2.21. The summed E-state index contributed by atoms with van der Waals surface area (Å²) in [5.74, 6) is 0. The summed E-state index contributed by atoms with van der Waals surface area (Å²) >= 11 is 0. The Bertz CT molecular complexity index is 385. The van der Waals surface area contributed by atoms with Crippen molar-refractivity contribution >= 4 is 20.1 Å². The summed E-state index contributed by atoms with van der Waals surface area (Å²) in [5, 5.41) is 0. The van der Waals surface area contributed by atoms with Crippen molar-refractivity contribution in [3.8, 4) is 0 Å². The fourth-order valence-electron chi connectivity index (χ4n) is 1.50. The minimum atomic E-state index is -0.455. The zero-order chi connectivity index (χ0) is 10.7. The first-order chi connectivity index (χ1) is 6.60. The van der Waals surface area contributed by atoms with Crippen LogP contribution in [0, 0.1) is 13.8 Å². The van der Waals surface area contributed by atoms with Gasteiger partial charge in [-0.3, -0.25) is 9.36 Å². The van der Waals surface area contributed by atoms with E-state index >= 15 is 0 Å². The lowest BCUT2D eigenvalue weighted by Gasteiger charge is -2.06. The quantitative estimate of drug-likeness (QED) is 0.710. The van der Waals surface area contributed by atoms with Crippen molar-refractivity contribution in [2.75, 3.05) is 0 Å². The first-order valence-electron chi connectivity index (χ1n) is 4.21. The summed E-state index contributed by atoms with van der Waals surface area (Å²) in [4.78, 5) is 11.3. The van der Waals surface area contributed by atoms with Crippen molar-refractivity contribution in [1.29, 1.82) is 0 Å². The summed E-state index contributed by atoms with van der Waals surface area (Å²) in [6, 6.07) is 3.72. The second kappa shape index (κ2) is 4.30. The molecule has 0 saturated heterocycles. The van der Waals surface area contributed by atoms with Gasteiger partial charge in [-0.25, -0.2) is 0 Å². The molecular formula is C11H11O2P. The van der Waals surface area contributed by atoms with Crippen LogP contribution in [0.15, 0.2) is 18.7 Å². The van der Waals surface area contributed by atoms with Crippen LogP contribution in [0.4, 0.5) is 0 Å². The van der Waals surface area contributed by atoms with E-state index in [1.54, 1.807) is 6.08 Å². The van der Waals surface area contributed by atoms with Gasteiger partial charge >= 0.3 is 0 Å². The van der Waals surface area contributed by atoms with E-state index in [1.807, 2.05) is 26.0 Å². The Kier molecular flexibility index (Phi) is 3.32. The van der Waals surface area contributed by atoms with E-state index in [0.29, 0.717) is 5.56 Å². The molecule has 1 rings (SSSR count). The van der Waals surface area contributed by atoms with Gasteiger partial charge in [0.2, 0.25) is 8.46 Å². The summed E-state index contributed by atoms with van der Waals surface area (Å²) in [6.45, 7) is 7.32. The van der Waals surface area contributed by atoms with Crippen LogP contribution < -0.4 is 0 Å². The highest BCUT2D eigenvalue weighted by Gasteiger charge is 2.12.